The van der Waals surface area contributed by atoms with Crippen LogP contribution in [-0.2, 0) is 4.74 Å². The number of aliphatic hydroxyl groups is 2. The third-order valence-corrected chi connectivity index (χ3v) is 3.31. The summed E-state index contributed by atoms with van der Waals surface area (Å²) in [5.74, 6) is -1.44. The van der Waals surface area contributed by atoms with E-state index >= 15 is 0 Å². The number of amides is 1. The maximum atomic E-state index is 11.4. The number of thiazole rings is 1. The molecule has 1 aromatic rings. The number of alkyl carbamates (subject to hydrolysis) is 1. The Morgan fingerprint density at radius 2 is 2.09 bits per heavy atom. The first-order valence-corrected chi connectivity index (χ1v) is 7.48. The fraction of sp³-hybridized carbons (Fsp3) is 0.615. The molecule has 0 aliphatic rings. The Balaban J connectivity index is 2.42. The molecule has 2 unspecified atom stereocenters. The van der Waals surface area contributed by atoms with Gasteiger partial charge in [0.05, 0.1) is 11.8 Å². The van der Waals surface area contributed by atoms with E-state index in [0.29, 0.717) is 0 Å². The molecule has 1 amide bonds. The smallest absolute Gasteiger partial charge is 0.407 e. The summed E-state index contributed by atoms with van der Waals surface area (Å²) in [6, 6.07) is 0. The molecule has 0 aliphatic heterocycles. The van der Waals surface area contributed by atoms with Crippen molar-refractivity contribution in [2.75, 3.05) is 6.54 Å². The number of ether oxygens (including phenoxy) is 1. The van der Waals surface area contributed by atoms with Crippen molar-refractivity contribution in [3.05, 3.63) is 16.1 Å². The van der Waals surface area contributed by atoms with Gasteiger partial charge in [0.25, 0.3) is 0 Å². The van der Waals surface area contributed by atoms with E-state index in [9.17, 15) is 24.9 Å². The van der Waals surface area contributed by atoms with Crippen LogP contribution in [0.1, 0.15) is 48.8 Å². The number of carboxylic acids is 1. The Morgan fingerprint density at radius 1 is 1.45 bits per heavy atom. The minimum absolute atomic E-state index is 0.0500. The number of carbonyl (C=O) groups is 2. The first kappa shape index (κ1) is 18.3. The zero-order valence-electron chi connectivity index (χ0n) is 12.5. The number of nitrogens with zero attached hydrogens (tertiary/aromatic N) is 1. The standard InChI is InChI=1S/C13H20N2O6S/c1-13(2,3)21-12(20)14-5-4-8(16)9(17)7-6-22-10(15-7)11(18)19/h6,8-9,16-17H,4-5H2,1-3H3,(H,14,20)(H,18,19)/p-1. The molecule has 124 valence electrons. The van der Waals surface area contributed by atoms with E-state index in [-0.39, 0.29) is 23.7 Å². The van der Waals surface area contributed by atoms with Gasteiger partial charge in [-0.25, -0.2) is 9.78 Å². The maximum Gasteiger partial charge on any atom is 0.407 e. The fourth-order valence-corrected chi connectivity index (χ4v) is 2.19. The van der Waals surface area contributed by atoms with Crippen LogP contribution in [0.15, 0.2) is 5.38 Å². The Labute approximate surface area is 131 Å². The van der Waals surface area contributed by atoms with E-state index in [1.165, 1.54) is 5.38 Å². The zero-order valence-corrected chi connectivity index (χ0v) is 13.3. The van der Waals surface area contributed by atoms with Crippen molar-refractivity contribution in [2.45, 2.75) is 45.0 Å². The zero-order chi connectivity index (χ0) is 16.9. The second-order valence-electron chi connectivity index (χ2n) is 5.59. The molecule has 0 aromatic carbocycles. The van der Waals surface area contributed by atoms with Gasteiger partial charge >= 0.3 is 6.09 Å². The summed E-state index contributed by atoms with van der Waals surface area (Å²) in [5.41, 5.74) is -0.571. The molecule has 8 nitrogen and oxygen atoms in total. The summed E-state index contributed by atoms with van der Waals surface area (Å²) >= 11 is 0.804. The van der Waals surface area contributed by atoms with Crippen molar-refractivity contribution in [3.8, 4) is 0 Å². The number of carbonyl (C=O) groups excluding carboxylic acids is 2. The Bertz CT molecular complexity index is 525. The average Bonchev–Trinajstić information content (AvgIpc) is 2.85. The third-order valence-electron chi connectivity index (χ3n) is 2.47. The quantitative estimate of drug-likeness (QED) is 0.658. The van der Waals surface area contributed by atoms with Crippen LogP contribution >= 0.6 is 11.3 Å². The van der Waals surface area contributed by atoms with Gasteiger partial charge in [-0.1, -0.05) is 0 Å². The number of hydrogen-bond acceptors (Lipinski definition) is 8. The van der Waals surface area contributed by atoms with Gasteiger partial charge in [0, 0.05) is 11.9 Å². The molecule has 3 N–H and O–H groups in total. The molecule has 0 radical (unpaired) electrons. The van der Waals surface area contributed by atoms with E-state index < -0.39 is 29.9 Å². The predicted molar refractivity (Wildman–Crippen MR) is 76.3 cm³/mol. The average molecular weight is 331 g/mol. The summed E-state index contributed by atoms with van der Waals surface area (Å²) in [4.78, 5) is 25.7. The van der Waals surface area contributed by atoms with Crippen LogP contribution < -0.4 is 10.4 Å². The van der Waals surface area contributed by atoms with Crippen molar-refractivity contribution in [1.29, 1.82) is 0 Å². The Morgan fingerprint density at radius 3 is 2.59 bits per heavy atom. The van der Waals surface area contributed by atoms with Crippen LogP contribution in [0.4, 0.5) is 4.79 Å². The summed E-state index contributed by atoms with van der Waals surface area (Å²) < 4.78 is 5.02. The Hall–Kier alpha value is -1.71. The van der Waals surface area contributed by atoms with E-state index in [1.807, 2.05) is 0 Å². The number of aliphatic hydroxyl groups excluding tert-OH is 2. The van der Waals surface area contributed by atoms with Crippen molar-refractivity contribution < 1.29 is 29.6 Å². The molecule has 22 heavy (non-hydrogen) atoms. The molecule has 9 heteroatoms. The van der Waals surface area contributed by atoms with Crippen molar-refractivity contribution in [3.63, 3.8) is 0 Å². The highest BCUT2D eigenvalue weighted by Gasteiger charge is 2.22. The number of aromatic carboxylic acids is 1. The Kier molecular flexibility index (Phi) is 6.27. The molecule has 1 rings (SSSR count). The van der Waals surface area contributed by atoms with Crippen molar-refractivity contribution in [1.82, 2.24) is 10.3 Å². The normalized spacial score (nSPS) is 14.2. The molecule has 1 heterocycles. The first-order valence-electron chi connectivity index (χ1n) is 6.60. The molecule has 0 fully saturated rings. The summed E-state index contributed by atoms with van der Waals surface area (Å²) in [5, 5.41) is 33.8. The fourth-order valence-electron chi connectivity index (χ4n) is 1.51. The lowest BCUT2D eigenvalue weighted by Gasteiger charge is -2.20. The molecular weight excluding hydrogens is 312 g/mol. The minimum Gasteiger partial charge on any atom is -0.542 e. The monoisotopic (exact) mass is 331 g/mol. The van der Waals surface area contributed by atoms with Crippen LogP contribution in [0.3, 0.4) is 0 Å². The molecular formula is C13H19N2O6S-. The molecule has 1 aromatic heterocycles. The second kappa shape index (κ2) is 7.52. The molecule has 0 aliphatic carbocycles. The molecule has 0 saturated carbocycles. The minimum atomic E-state index is -1.44. The molecule has 0 bridgehead atoms. The predicted octanol–water partition coefficient (Wildman–Crippen LogP) is -0.184. The lowest BCUT2D eigenvalue weighted by atomic mass is 10.1. The van der Waals surface area contributed by atoms with E-state index in [1.54, 1.807) is 20.8 Å². The second-order valence-corrected chi connectivity index (χ2v) is 6.45. The number of carboxylic acid groups (broad SMARTS) is 1. The van der Waals surface area contributed by atoms with E-state index in [0.717, 1.165) is 11.3 Å². The third kappa shape index (κ3) is 5.96. The number of aromatic nitrogens is 1. The summed E-state index contributed by atoms with van der Waals surface area (Å²) in [6.07, 6.45) is -3.11. The van der Waals surface area contributed by atoms with E-state index in [4.69, 9.17) is 4.74 Å². The maximum absolute atomic E-state index is 11.4. The first-order chi connectivity index (χ1) is 10.1. The van der Waals surface area contributed by atoms with Gasteiger partial charge in [-0.15, -0.1) is 11.3 Å². The van der Waals surface area contributed by atoms with Gasteiger partial charge in [0.2, 0.25) is 0 Å². The van der Waals surface area contributed by atoms with Crippen molar-refractivity contribution >= 4 is 23.4 Å². The highest BCUT2D eigenvalue weighted by Crippen LogP contribution is 2.21. The summed E-state index contributed by atoms with van der Waals surface area (Å²) in [7, 11) is 0. The van der Waals surface area contributed by atoms with Crippen LogP contribution in [0.5, 0.6) is 0 Å². The van der Waals surface area contributed by atoms with Gasteiger partial charge in [-0.3, -0.25) is 0 Å². The molecule has 0 saturated heterocycles. The lowest BCUT2D eigenvalue weighted by molar-refractivity contribution is -0.255. The van der Waals surface area contributed by atoms with Crippen LogP contribution in [-0.4, -0.2) is 45.5 Å². The van der Waals surface area contributed by atoms with Gasteiger partial charge in [0.15, 0.2) is 0 Å². The topological polar surface area (TPSA) is 132 Å². The molecule has 2 atom stereocenters. The number of rotatable bonds is 6. The highest BCUT2D eigenvalue weighted by atomic mass is 32.1. The van der Waals surface area contributed by atoms with Crippen LogP contribution in [0, 0.1) is 0 Å². The molecule has 0 spiro atoms. The van der Waals surface area contributed by atoms with E-state index in [2.05, 4.69) is 10.3 Å². The highest BCUT2D eigenvalue weighted by molar-refractivity contribution is 7.11. The van der Waals surface area contributed by atoms with Gasteiger partial charge in [0.1, 0.15) is 22.7 Å². The number of hydrogen-bond donors (Lipinski definition) is 3. The summed E-state index contributed by atoms with van der Waals surface area (Å²) in [6.45, 7) is 5.26. The van der Waals surface area contributed by atoms with Crippen LogP contribution in [0.25, 0.3) is 0 Å². The number of nitrogens with one attached hydrogen (secondary N) is 1. The van der Waals surface area contributed by atoms with Crippen molar-refractivity contribution in [2.24, 2.45) is 0 Å². The SMILES string of the molecule is CC(C)(C)OC(=O)NCCC(O)C(O)c1csc(C(=O)[O-])n1. The van der Waals surface area contributed by atoms with Gasteiger partial charge in [-0.05, 0) is 27.2 Å². The van der Waals surface area contributed by atoms with Crippen LogP contribution in [0.2, 0.25) is 0 Å². The van der Waals surface area contributed by atoms with Gasteiger partial charge < -0.3 is 30.2 Å². The largest absolute Gasteiger partial charge is 0.542 e. The lowest BCUT2D eigenvalue weighted by Crippen LogP contribution is -2.34. The van der Waals surface area contributed by atoms with Gasteiger partial charge in [-0.2, -0.15) is 0 Å².